The number of nitrogens with one attached hydrogen (secondary N) is 2. The van der Waals surface area contributed by atoms with Gasteiger partial charge < -0.3 is 10.6 Å². The molecule has 7 heteroatoms. The van der Waals surface area contributed by atoms with E-state index in [1.807, 2.05) is 42.5 Å². The summed E-state index contributed by atoms with van der Waals surface area (Å²) in [4.78, 5) is 39.0. The monoisotopic (exact) mass is 405 g/mol. The van der Waals surface area contributed by atoms with E-state index in [0.717, 1.165) is 15.7 Å². The number of urea groups is 1. The van der Waals surface area contributed by atoms with Crippen molar-refractivity contribution in [3.05, 3.63) is 78.1 Å². The van der Waals surface area contributed by atoms with E-state index in [2.05, 4.69) is 10.6 Å². The number of anilines is 1. The topological polar surface area (TPSA) is 78.5 Å². The molecule has 1 unspecified atom stereocenters. The molecule has 2 N–H and O–H groups in total. The van der Waals surface area contributed by atoms with Crippen LogP contribution in [0.1, 0.15) is 18.9 Å². The Morgan fingerprint density at radius 3 is 2.50 bits per heavy atom. The standard InChI is InChI=1S/C23H20FN3O3/c1-23(19-8-4-6-15-5-2-3-7-18(15)19)21(29)27(22(30)26-23)14-13-20(28)25-17-11-9-16(24)10-12-17/h2-12H,13-14H2,1H3,(H,25,28)(H,26,30). The minimum absolute atomic E-state index is 0.0575. The second kappa shape index (κ2) is 7.59. The number of hydrogen-bond donors (Lipinski definition) is 2. The Bertz CT molecular complexity index is 1140. The second-order valence-corrected chi connectivity index (χ2v) is 7.34. The first kappa shape index (κ1) is 19.6. The maximum atomic E-state index is 13.2. The van der Waals surface area contributed by atoms with Crippen molar-refractivity contribution in [2.75, 3.05) is 11.9 Å². The number of halogens is 1. The number of rotatable bonds is 5. The van der Waals surface area contributed by atoms with Crippen molar-refractivity contribution in [3.63, 3.8) is 0 Å². The lowest BCUT2D eigenvalue weighted by atomic mass is 9.88. The molecule has 30 heavy (non-hydrogen) atoms. The highest BCUT2D eigenvalue weighted by Gasteiger charge is 2.49. The number of nitrogens with zero attached hydrogens (tertiary/aromatic N) is 1. The highest BCUT2D eigenvalue weighted by atomic mass is 19.1. The van der Waals surface area contributed by atoms with Gasteiger partial charge in [-0.05, 0) is 47.5 Å². The molecule has 4 rings (SSSR count). The Kier molecular flexibility index (Phi) is 4.95. The third kappa shape index (κ3) is 3.50. The Labute approximate surface area is 172 Å². The Hall–Kier alpha value is -3.74. The van der Waals surface area contributed by atoms with E-state index in [1.54, 1.807) is 6.92 Å². The molecule has 0 radical (unpaired) electrons. The zero-order valence-electron chi connectivity index (χ0n) is 16.3. The minimum Gasteiger partial charge on any atom is -0.326 e. The predicted molar refractivity (Wildman–Crippen MR) is 111 cm³/mol. The van der Waals surface area contributed by atoms with Gasteiger partial charge in [-0.15, -0.1) is 0 Å². The van der Waals surface area contributed by atoms with Crippen molar-refractivity contribution in [3.8, 4) is 0 Å². The van der Waals surface area contributed by atoms with Gasteiger partial charge in [0.1, 0.15) is 11.4 Å². The van der Waals surface area contributed by atoms with Crippen LogP contribution in [0.4, 0.5) is 14.9 Å². The van der Waals surface area contributed by atoms with Gasteiger partial charge in [-0.3, -0.25) is 14.5 Å². The quantitative estimate of drug-likeness (QED) is 0.634. The molecular formula is C23H20FN3O3. The van der Waals surface area contributed by atoms with Gasteiger partial charge in [-0.25, -0.2) is 9.18 Å². The molecule has 4 amide bonds. The molecule has 152 valence electrons. The van der Waals surface area contributed by atoms with E-state index in [1.165, 1.54) is 24.3 Å². The van der Waals surface area contributed by atoms with E-state index in [-0.39, 0.29) is 18.9 Å². The van der Waals surface area contributed by atoms with Crippen molar-refractivity contribution >= 4 is 34.3 Å². The fraction of sp³-hybridized carbons (Fsp3) is 0.174. The lowest BCUT2D eigenvalue weighted by Gasteiger charge is -2.24. The Morgan fingerprint density at radius 1 is 1.03 bits per heavy atom. The summed E-state index contributed by atoms with van der Waals surface area (Å²) in [7, 11) is 0. The summed E-state index contributed by atoms with van der Waals surface area (Å²) in [5.74, 6) is -1.18. The van der Waals surface area contributed by atoms with Crippen LogP contribution in [-0.4, -0.2) is 29.3 Å². The van der Waals surface area contributed by atoms with Crippen molar-refractivity contribution < 1.29 is 18.8 Å². The summed E-state index contributed by atoms with van der Waals surface area (Å²) >= 11 is 0. The smallest absolute Gasteiger partial charge is 0.325 e. The Balaban J connectivity index is 1.49. The molecule has 6 nitrogen and oxygen atoms in total. The fourth-order valence-corrected chi connectivity index (χ4v) is 3.71. The molecule has 0 spiro atoms. The van der Waals surface area contributed by atoms with Crippen LogP contribution in [0.3, 0.4) is 0 Å². The van der Waals surface area contributed by atoms with Crippen LogP contribution in [0.25, 0.3) is 10.8 Å². The van der Waals surface area contributed by atoms with Crippen molar-refractivity contribution in [1.29, 1.82) is 0 Å². The third-order valence-electron chi connectivity index (χ3n) is 5.29. The van der Waals surface area contributed by atoms with Gasteiger partial charge in [0, 0.05) is 18.7 Å². The maximum absolute atomic E-state index is 13.2. The number of hydrogen-bond acceptors (Lipinski definition) is 3. The molecule has 1 aliphatic rings. The molecule has 1 atom stereocenters. The lowest BCUT2D eigenvalue weighted by Crippen LogP contribution is -2.41. The molecule has 0 aliphatic carbocycles. The number of carbonyl (C=O) groups excluding carboxylic acids is 3. The van der Waals surface area contributed by atoms with E-state index in [0.29, 0.717) is 11.3 Å². The summed E-state index contributed by atoms with van der Waals surface area (Å²) < 4.78 is 13.0. The molecule has 0 aromatic heterocycles. The van der Waals surface area contributed by atoms with Gasteiger partial charge >= 0.3 is 6.03 Å². The maximum Gasteiger partial charge on any atom is 0.325 e. The minimum atomic E-state index is -1.22. The molecule has 1 saturated heterocycles. The van der Waals surface area contributed by atoms with Gasteiger partial charge in [-0.2, -0.15) is 0 Å². The lowest BCUT2D eigenvalue weighted by molar-refractivity contribution is -0.131. The SMILES string of the molecule is CC1(c2cccc3ccccc23)NC(=O)N(CCC(=O)Nc2ccc(F)cc2)C1=O. The van der Waals surface area contributed by atoms with E-state index in [4.69, 9.17) is 0 Å². The molecule has 0 bridgehead atoms. The van der Waals surface area contributed by atoms with Crippen LogP contribution >= 0.6 is 0 Å². The zero-order chi connectivity index (χ0) is 21.3. The number of imide groups is 1. The molecule has 0 saturated carbocycles. The summed E-state index contributed by atoms with van der Waals surface area (Å²) in [6.45, 7) is 1.62. The largest absolute Gasteiger partial charge is 0.326 e. The number of fused-ring (bicyclic) bond motifs is 1. The van der Waals surface area contributed by atoms with Gasteiger partial charge in [-0.1, -0.05) is 42.5 Å². The first-order valence-corrected chi connectivity index (χ1v) is 9.56. The van der Waals surface area contributed by atoms with Crippen LogP contribution in [-0.2, 0) is 15.1 Å². The zero-order valence-corrected chi connectivity index (χ0v) is 16.3. The summed E-state index contributed by atoms with van der Waals surface area (Å²) in [6, 6.07) is 18.1. The average Bonchev–Trinajstić information content (AvgIpc) is 2.96. The molecule has 1 aliphatic heterocycles. The number of benzene rings is 3. The Morgan fingerprint density at radius 2 is 1.73 bits per heavy atom. The van der Waals surface area contributed by atoms with Crippen molar-refractivity contribution in [2.45, 2.75) is 18.9 Å². The van der Waals surface area contributed by atoms with Crippen molar-refractivity contribution in [2.24, 2.45) is 0 Å². The van der Waals surface area contributed by atoms with Crippen LogP contribution in [0.15, 0.2) is 66.7 Å². The summed E-state index contributed by atoms with van der Waals surface area (Å²) in [5, 5.41) is 7.26. The molecule has 3 aromatic rings. The van der Waals surface area contributed by atoms with E-state index < -0.39 is 23.3 Å². The first-order valence-electron chi connectivity index (χ1n) is 9.56. The molecule has 1 fully saturated rings. The molecular weight excluding hydrogens is 385 g/mol. The van der Waals surface area contributed by atoms with E-state index >= 15 is 0 Å². The highest BCUT2D eigenvalue weighted by Crippen LogP contribution is 2.33. The third-order valence-corrected chi connectivity index (χ3v) is 5.29. The fourth-order valence-electron chi connectivity index (χ4n) is 3.71. The van der Waals surface area contributed by atoms with Gasteiger partial charge in [0.25, 0.3) is 5.91 Å². The van der Waals surface area contributed by atoms with Crippen molar-refractivity contribution in [1.82, 2.24) is 10.2 Å². The summed E-state index contributed by atoms with van der Waals surface area (Å²) in [5.41, 5.74) is -0.0674. The number of carbonyl (C=O) groups is 3. The highest BCUT2D eigenvalue weighted by molar-refractivity contribution is 6.09. The normalized spacial score (nSPS) is 18.5. The molecule has 3 aromatic carbocycles. The van der Waals surface area contributed by atoms with Crippen LogP contribution in [0, 0.1) is 5.82 Å². The van der Waals surface area contributed by atoms with Crippen LogP contribution in [0.5, 0.6) is 0 Å². The van der Waals surface area contributed by atoms with Crippen LogP contribution in [0.2, 0.25) is 0 Å². The number of amides is 4. The predicted octanol–water partition coefficient (Wildman–Crippen LogP) is 3.77. The average molecular weight is 405 g/mol. The van der Waals surface area contributed by atoms with E-state index in [9.17, 15) is 18.8 Å². The summed E-state index contributed by atoms with van der Waals surface area (Å²) in [6.07, 6.45) is -0.0673. The van der Waals surface area contributed by atoms with Gasteiger partial charge in [0.2, 0.25) is 5.91 Å². The van der Waals surface area contributed by atoms with Gasteiger partial charge in [0.05, 0.1) is 0 Å². The van der Waals surface area contributed by atoms with Gasteiger partial charge in [0.15, 0.2) is 0 Å². The van der Waals surface area contributed by atoms with Crippen LogP contribution < -0.4 is 10.6 Å². The second-order valence-electron chi connectivity index (χ2n) is 7.34. The first-order chi connectivity index (χ1) is 14.4. The molecule has 1 heterocycles.